The molecule has 1 aliphatic heterocycles. The van der Waals surface area contributed by atoms with Gasteiger partial charge >= 0.3 is 6.09 Å². The lowest BCUT2D eigenvalue weighted by Gasteiger charge is -2.26. The summed E-state index contributed by atoms with van der Waals surface area (Å²) in [5.74, 6) is 0.149. The van der Waals surface area contributed by atoms with Crippen LogP contribution in [-0.2, 0) is 11.3 Å². The molecule has 4 nitrogen and oxygen atoms in total. The van der Waals surface area contributed by atoms with E-state index in [-0.39, 0.29) is 11.9 Å². The fourth-order valence-electron chi connectivity index (χ4n) is 1.83. The van der Waals surface area contributed by atoms with Crippen LogP contribution in [0.5, 0.6) is 5.75 Å². The van der Waals surface area contributed by atoms with Crippen molar-refractivity contribution in [2.75, 3.05) is 13.2 Å². The maximum Gasteiger partial charge on any atom is 0.410 e. The largest absolute Gasteiger partial charge is 0.491 e. The van der Waals surface area contributed by atoms with Crippen molar-refractivity contribution in [3.63, 3.8) is 0 Å². The predicted octanol–water partition coefficient (Wildman–Crippen LogP) is 2.96. The van der Waals surface area contributed by atoms with Crippen molar-refractivity contribution in [3.05, 3.63) is 29.6 Å². The van der Waals surface area contributed by atoms with Crippen LogP contribution in [0.15, 0.2) is 18.2 Å². The van der Waals surface area contributed by atoms with Crippen molar-refractivity contribution in [2.24, 2.45) is 0 Å². The minimum absolute atomic E-state index is 0.329. The molecule has 1 aromatic carbocycles. The third-order valence-corrected chi connectivity index (χ3v) is 2.66. The maximum atomic E-state index is 13.1. The zero-order chi connectivity index (χ0) is 14.0. The van der Waals surface area contributed by atoms with Gasteiger partial charge in [-0.05, 0) is 26.8 Å². The molecule has 0 N–H and O–H groups in total. The Labute approximate surface area is 112 Å². The second-order valence-electron chi connectivity index (χ2n) is 5.50. The van der Waals surface area contributed by atoms with Crippen LogP contribution in [0.1, 0.15) is 26.3 Å². The summed E-state index contributed by atoms with van der Waals surface area (Å²) >= 11 is 0. The molecule has 0 fully saturated rings. The summed E-state index contributed by atoms with van der Waals surface area (Å²) in [7, 11) is 0. The molecule has 0 unspecified atom stereocenters. The van der Waals surface area contributed by atoms with Gasteiger partial charge in [0.2, 0.25) is 0 Å². The Morgan fingerprint density at radius 2 is 2.16 bits per heavy atom. The van der Waals surface area contributed by atoms with E-state index in [4.69, 9.17) is 9.47 Å². The highest BCUT2D eigenvalue weighted by Crippen LogP contribution is 2.24. The van der Waals surface area contributed by atoms with E-state index in [1.807, 2.05) is 20.8 Å². The number of hydrogen-bond donors (Lipinski definition) is 0. The van der Waals surface area contributed by atoms with Crippen molar-refractivity contribution < 1.29 is 18.7 Å². The number of ether oxygens (including phenoxy) is 2. The molecule has 104 valence electrons. The SMILES string of the molecule is CC(C)(C)OC(=O)N1CCOc2cc(F)ccc2C1. The van der Waals surface area contributed by atoms with Gasteiger partial charge in [0.25, 0.3) is 0 Å². The molecular weight excluding hydrogens is 249 g/mol. The molecule has 1 aromatic rings. The van der Waals surface area contributed by atoms with Gasteiger partial charge < -0.3 is 14.4 Å². The third-order valence-electron chi connectivity index (χ3n) is 2.66. The van der Waals surface area contributed by atoms with Crippen LogP contribution in [0.4, 0.5) is 9.18 Å². The van der Waals surface area contributed by atoms with Gasteiger partial charge in [-0.2, -0.15) is 0 Å². The minimum atomic E-state index is -0.532. The van der Waals surface area contributed by atoms with Gasteiger partial charge in [0.05, 0.1) is 13.1 Å². The molecule has 1 heterocycles. The fraction of sp³-hybridized carbons (Fsp3) is 0.500. The Morgan fingerprint density at radius 1 is 1.42 bits per heavy atom. The van der Waals surface area contributed by atoms with Crippen LogP contribution < -0.4 is 4.74 Å². The number of fused-ring (bicyclic) bond motifs is 1. The second kappa shape index (κ2) is 5.07. The van der Waals surface area contributed by atoms with E-state index in [2.05, 4.69) is 0 Å². The summed E-state index contributed by atoms with van der Waals surface area (Å²) in [6.45, 7) is 6.58. The quantitative estimate of drug-likeness (QED) is 0.725. The number of benzene rings is 1. The fourth-order valence-corrected chi connectivity index (χ4v) is 1.83. The van der Waals surface area contributed by atoms with Gasteiger partial charge in [0, 0.05) is 11.6 Å². The summed E-state index contributed by atoms with van der Waals surface area (Å²) in [4.78, 5) is 13.6. The van der Waals surface area contributed by atoms with Gasteiger partial charge in [0.15, 0.2) is 0 Å². The molecule has 1 amide bonds. The average molecular weight is 267 g/mol. The molecule has 0 radical (unpaired) electrons. The molecule has 0 bridgehead atoms. The lowest BCUT2D eigenvalue weighted by atomic mass is 10.2. The molecular formula is C14H18FNO3. The number of carbonyl (C=O) groups excluding carboxylic acids is 1. The van der Waals surface area contributed by atoms with Crippen LogP contribution in [0.3, 0.4) is 0 Å². The van der Waals surface area contributed by atoms with Crippen molar-refractivity contribution in [2.45, 2.75) is 32.9 Å². The van der Waals surface area contributed by atoms with Crippen LogP contribution in [0.2, 0.25) is 0 Å². The van der Waals surface area contributed by atoms with Gasteiger partial charge in [-0.1, -0.05) is 6.07 Å². The summed E-state index contributed by atoms with van der Waals surface area (Å²) in [5, 5.41) is 0. The highest BCUT2D eigenvalue weighted by molar-refractivity contribution is 5.68. The van der Waals surface area contributed by atoms with Gasteiger partial charge in [-0.25, -0.2) is 9.18 Å². The standard InChI is InChI=1S/C14H18FNO3/c1-14(2,3)19-13(17)16-6-7-18-12-8-11(15)5-4-10(12)9-16/h4-5,8H,6-7,9H2,1-3H3. The van der Waals surface area contributed by atoms with Gasteiger partial charge in [-0.3, -0.25) is 0 Å². The van der Waals surface area contributed by atoms with Crippen molar-refractivity contribution in [3.8, 4) is 5.75 Å². The molecule has 5 heteroatoms. The molecule has 1 aliphatic rings. The number of amides is 1. The van der Waals surface area contributed by atoms with Gasteiger partial charge in [-0.15, -0.1) is 0 Å². The molecule has 2 rings (SSSR count). The van der Waals surface area contributed by atoms with E-state index in [0.29, 0.717) is 25.4 Å². The van der Waals surface area contributed by atoms with Crippen LogP contribution in [0.25, 0.3) is 0 Å². The second-order valence-corrected chi connectivity index (χ2v) is 5.50. The predicted molar refractivity (Wildman–Crippen MR) is 68.5 cm³/mol. The summed E-state index contributed by atoms with van der Waals surface area (Å²) < 4.78 is 23.9. The lowest BCUT2D eigenvalue weighted by Crippen LogP contribution is -2.37. The average Bonchev–Trinajstić information content (AvgIpc) is 2.48. The molecule has 0 saturated carbocycles. The highest BCUT2D eigenvalue weighted by Gasteiger charge is 2.25. The summed E-state index contributed by atoms with van der Waals surface area (Å²) in [6.07, 6.45) is -0.381. The normalized spacial score (nSPS) is 15.3. The minimum Gasteiger partial charge on any atom is -0.491 e. The van der Waals surface area contributed by atoms with Crippen LogP contribution in [-0.4, -0.2) is 29.7 Å². The Hall–Kier alpha value is -1.78. The molecule has 0 saturated heterocycles. The molecule has 0 aliphatic carbocycles. The number of hydrogen-bond acceptors (Lipinski definition) is 3. The summed E-state index contributed by atoms with van der Waals surface area (Å²) in [5.41, 5.74) is 0.250. The first-order chi connectivity index (χ1) is 8.85. The monoisotopic (exact) mass is 267 g/mol. The van der Waals surface area contributed by atoms with Crippen LogP contribution in [0, 0.1) is 5.82 Å². The molecule has 19 heavy (non-hydrogen) atoms. The van der Waals surface area contributed by atoms with E-state index < -0.39 is 5.60 Å². The Bertz CT molecular complexity index is 482. The molecule has 0 spiro atoms. The molecule has 0 aromatic heterocycles. The Kier molecular flexibility index (Phi) is 3.64. The van der Waals surface area contributed by atoms with E-state index >= 15 is 0 Å². The van der Waals surface area contributed by atoms with E-state index in [1.54, 1.807) is 11.0 Å². The van der Waals surface area contributed by atoms with E-state index in [9.17, 15) is 9.18 Å². The van der Waals surface area contributed by atoms with Crippen LogP contribution >= 0.6 is 0 Å². The van der Waals surface area contributed by atoms with Crippen molar-refractivity contribution in [1.29, 1.82) is 0 Å². The highest BCUT2D eigenvalue weighted by atomic mass is 19.1. The Morgan fingerprint density at radius 3 is 2.84 bits per heavy atom. The lowest BCUT2D eigenvalue weighted by molar-refractivity contribution is 0.0225. The zero-order valence-corrected chi connectivity index (χ0v) is 11.4. The van der Waals surface area contributed by atoms with E-state index in [1.165, 1.54) is 12.1 Å². The Balaban J connectivity index is 2.13. The maximum absolute atomic E-state index is 13.1. The number of carbonyl (C=O) groups is 1. The molecule has 0 atom stereocenters. The zero-order valence-electron chi connectivity index (χ0n) is 11.4. The third kappa shape index (κ3) is 3.59. The topological polar surface area (TPSA) is 38.8 Å². The number of nitrogens with zero attached hydrogens (tertiary/aromatic N) is 1. The number of rotatable bonds is 0. The first kappa shape index (κ1) is 13.6. The first-order valence-corrected chi connectivity index (χ1v) is 6.24. The van der Waals surface area contributed by atoms with E-state index in [0.717, 1.165) is 5.56 Å². The first-order valence-electron chi connectivity index (χ1n) is 6.24. The van der Waals surface area contributed by atoms with Crippen molar-refractivity contribution in [1.82, 2.24) is 4.90 Å². The number of halogens is 1. The smallest absolute Gasteiger partial charge is 0.410 e. The van der Waals surface area contributed by atoms with Crippen molar-refractivity contribution >= 4 is 6.09 Å². The summed E-state index contributed by atoms with van der Waals surface area (Å²) in [6, 6.07) is 4.34. The van der Waals surface area contributed by atoms with Gasteiger partial charge in [0.1, 0.15) is 23.8 Å².